The van der Waals surface area contributed by atoms with Crippen LogP contribution in [0.15, 0.2) is 91.1 Å². The molecular weight excluding hydrogens is 517 g/mol. The van der Waals surface area contributed by atoms with E-state index in [1.807, 2.05) is 60.7 Å². The summed E-state index contributed by atoms with van der Waals surface area (Å²) in [4.78, 5) is 49.0. The lowest BCUT2D eigenvalue weighted by atomic mass is 10.0. The lowest BCUT2D eigenvalue weighted by Crippen LogP contribution is -2.54. The number of nitrogens with one attached hydrogen (secondary N) is 3. The summed E-state index contributed by atoms with van der Waals surface area (Å²) in [5.74, 6) is -3.15. The second kappa shape index (κ2) is 12.9. The van der Waals surface area contributed by atoms with Crippen LogP contribution in [0.1, 0.15) is 23.1 Å². The molecule has 0 radical (unpaired) electrons. The number of carbonyl (C=O) groups is 2. The first-order chi connectivity index (χ1) is 18.7. The number of hydrogen-bond acceptors (Lipinski definition) is 4. The minimum Gasteiger partial charge on any atom is -0.480 e. The van der Waals surface area contributed by atoms with Crippen molar-refractivity contribution >= 4 is 30.4 Å². The number of carbonyl (C=O) groups excluding carboxylic acids is 1. The molecule has 3 aromatic carbocycles. The van der Waals surface area contributed by atoms with Crippen LogP contribution in [0.3, 0.4) is 0 Å². The summed E-state index contributed by atoms with van der Waals surface area (Å²) < 4.78 is 12.4. The molecule has 1 amide bonds. The monoisotopic (exact) mass is 549 g/mol. The number of para-hydroxylation sites is 1. The van der Waals surface area contributed by atoms with Crippen LogP contribution < -0.4 is 10.6 Å². The maximum absolute atomic E-state index is 13.5. The van der Waals surface area contributed by atoms with Crippen molar-refractivity contribution in [2.75, 3.05) is 0 Å². The molecule has 1 unspecified atom stereocenters. The summed E-state index contributed by atoms with van der Waals surface area (Å²) in [6, 6.07) is 23.5. The van der Waals surface area contributed by atoms with E-state index in [2.05, 4.69) is 15.6 Å². The Balaban J connectivity index is 1.54. The fraction of sp³-hybridized carbons (Fsp3) is 0.241. The molecule has 0 spiro atoms. The number of aromatic amines is 1. The highest BCUT2D eigenvalue weighted by Gasteiger charge is 2.34. The van der Waals surface area contributed by atoms with E-state index >= 15 is 0 Å². The van der Waals surface area contributed by atoms with Gasteiger partial charge in [-0.1, -0.05) is 78.9 Å². The second-order valence-electron chi connectivity index (χ2n) is 9.50. The van der Waals surface area contributed by atoms with Gasteiger partial charge in [0.25, 0.3) is 0 Å². The fourth-order valence-corrected chi connectivity index (χ4v) is 5.44. The van der Waals surface area contributed by atoms with Gasteiger partial charge in [0.2, 0.25) is 5.91 Å². The van der Waals surface area contributed by atoms with Crippen LogP contribution in [-0.4, -0.2) is 49.6 Å². The van der Waals surface area contributed by atoms with Crippen LogP contribution in [0.4, 0.5) is 0 Å². The van der Waals surface area contributed by atoms with Gasteiger partial charge >= 0.3 is 13.6 Å². The molecule has 0 aliphatic rings. The Morgan fingerprint density at radius 2 is 1.44 bits per heavy atom. The molecule has 204 valence electrons. The molecule has 0 aliphatic carbocycles. The third-order valence-electron chi connectivity index (χ3n) is 6.66. The number of aliphatic carboxylic acids is 1. The van der Waals surface area contributed by atoms with Crippen molar-refractivity contribution < 1.29 is 29.0 Å². The molecule has 0 fully saturated rings. The fourth-order valence-electron chi connectivity index (χ4n) is 4.60. The number of carboxylic acid groups (broad SMARTS) is 1. The Hall–Kier alpha value is -3.75. The largest absolute Gasteiger partial charge is 0.480 e. The van der Waals surface area contributed by atoms with E-state index in [9.17, 15) is 29.0 Å². The van der Waals surface area contributed by atoms with Crippen LogP contribution >= 0.6 is 7.60 Å². The summed E-state index contributed by atoms with van der Waals surface area (Å²) in [5.41, 5.74) is 3.27. The standard InChI is InChI=1S/C29H32N3O6P/c33-28(32-26(29(34)35)18-22-19-30-24-14-8-7-13-23(22)24)25(17-21-11-5-2-6-12-21)31-27(39(36,37)38)16-15-20-9-3-1-4-10-20/h1-14,19,25-27,30-31H,15-18H2,(H,32,33)(H,34,35)(H2,36,37,38)/t25-,26-,27?/m0/s1. The van der Waals surface area contributed by atoms with Crippen LogP contribution in [0.5, 0.6) is 0 Å². The van der Waals surface area contributed by atoms with Gasteiger partial charge in [-0.2, -0.15) is 0 Å². The van der Waals surface area contributed by atoms with Gasteiger partial charge in [0.15, 0.2) is 0 Å². The normalized spacial score (nSPS) is 14.0. The highest BCUT2D eigenvalue weighted by atomic mass is 31.2. The van der Waals surface area contributed by atoms with Gasteiger partial charge in [0.05, 0.1) is 6.04 Å². The third-order valence-corrected chi connectivity index (χ3v) is 7.88. The quantitative estimate of drug-likeness (QED) is 0.139. The number of aryl methyl sites for hydroxylation is 1. The average molecular weight is 550 g/mol. The summed E-state index contributed by atoms with van der Waals surface area (Å²) in [7, 11) is -4.65. The zero-order valence-corrected chi connectivity index (χ0v) is 22.1. The molecule has 9 nitrogen and oxygen atoms in total. The lowest BCUT2D eigenvalue weighted by molar-refractivity contribution is -0.142. The molecule has 4 aromatic rings. The highest BCUT2D eigenvalue weighted by Crippen LogP contribution is 2.42. The molecule has 6 N–H and O–H groups in total. The van der Waals surface area contributed by atoms with Crippen molar-refractivity contribution in [1.82, 2.24) is 15.6 Å². The topological polar surface area (TPSA) is 152 Å². The number of benzene rings is 3. The predicted molar refractivity (Wildman–Crippen MR) is 149 cm³/mol. The van der Waals surface area contributed by atoms with Crippen LogP contribution in [0.25, 0.3) is 10.9 Å². The van der Waals surface area contributed by atoms with Crippen molar-refractivity contribution in [2.45, 2.75) is 43.5 Å². The zero-order chi connectivity index (χ0) is 27.8. The number of hydrogen-bond donors (Lipinski definition) is 6. The molecule has 0 saturated heterocycles. The van der Waals surface area contributed by atoms with Gasteiger partial charge in [-0.3, -0.25) is 14.7 Å². The number of rotatable bonds is 13. The minimum absolute atomic E-state index is 0.0407. The first-order valence-electron chi connectivity index (χ1n) is 12.7. The summed E-state index contributed by atoms with van der Waals surface area (Å²) in [6.07, 6.45) is 2.36. The van der Waals surface area contributed by atoms with Gasteiger partial charge in [0.1, 0.15) is 11.8 Å². The molecule has 0 bridgehead atoms. The van der Waals surface area contributed by atoms with Crippen molar-refractivity contribution in [3.05, 3.63) is 108 Å². The molecular formula is C29H32N3O6P. The minimum atomic E-state index is -4.65. The van der Waals surface area contributed by atoms with E-state index in [0.717, 1.165) is 27.6 Å². The molecule has 4 rings (SSSR count). The van der Waals surface area contributed by atoms with E-state index in [1.54, 1.807) is 30.5 Å². The Kier molecular flexibility index (Phi) is 9.32. The van der Waals surface area contributed by atoms with Crippen molar-refractivity contribution in [3.63, 3.8) is 0 Å². The van der Waals surface area contributed by atoms with Crippen LogP contribution in [-0.2, 0) is 33.4 Å². The number of fused-ring (bicyclic) bond motifs is 1. The van der Waals surface area contributed by atoms with Gasteiger partial charge in [-0.25, -0.2) is 4.79 Å². The van der Waals surface area contributed by atoms with Gasteiger partial charge in [-0.15, -0.1) is 0 Å². The van der Waals surface area contributed by atoms with Crippen molar-refractivity contribution in [1.29, 1.82) is 0 Å². The molecule has 0 aliphatic heterocycles. The van der Waals surface area contributed by atoms with Crippen molar-refractivity contribution in [2.24, 2.45) is 0 Å². The average Bonchev–Trinajstić information content (AvgIpc) is 3.33. The zero-order valence-electron chi connectivity index (χ0n) is 21.2. The number of carboxylic acids is 1. The first-order valence-corrected chi connectivity index (χ1v) is 14.4. The summed E-state index contributed by atoms with van der Waals surface area (Å²) in [5, 5.41) is 16.3. The van der Waals surface area contributed by atoms with E-state index in [4.69, 9.17) is 0 Å². The SMILES string of the molecule is O=C(O)[C@H](Cc1c[nH]c2ccccc12)NC(=O)[C@H](Cc1ccccc1)NC(CCc1ccccc1)P(=O)(O)O. The Bertz CT molecular complexity index is 1440. The molecule has 10 heteroatoms. The highest BCUT2D eigenvalue weighted by molar-refractivity contribution is 7.52. The van der Waals surface area contributed by atoms with Gasteiger partial charge in [-0.05, 0) is 42.0 Å². The smallest absolute Gasteiger partial charge is 0.342 e. The molecule has 1 heterocycles. The van der Waals surface area contributed by atoms with Crippen LogP contribution in [0, 0.1) is 0 Å². The summed E-state index contributed by atoms with van der Waals surface area (Å²) in [6.45, 7) is 0. The summed E-state index contributed by atoms with van der Waals surface area (Å²) >= 11 is 0. The number of H-pyrrole nitrogens is 1. The second-order valence-corrected chi connectivity index (χ2v) is 11.3. The van der Waals surface area contributed by atoms with E-state index < -0.39 is 37.3 Å². The first kappa shape index (κ1) is 28.3. The Morgan fingerprint density at radius 1 is 0.821 bits per heavy atom. The molecule has 0 saturated carbocycles. The van der Waals surface area contributed by atoms with Crippen molar-refractivity contribution in [3.8, 4) is 0 Å². The predicted octanol–water partition coefficient (Wildman–Crippen LogP) is 3.62. The molecule has 3 atom stereocenters. The van der Waals surface area contributed by atoms with Crippen LogP contribution in [0.2, 0.25) is 0 Å². The molecule has 1 aromatic heterocycles. The third kappa shape index (κ3) is 7.88. The molecule has 39 heavy (non-hydrogen) atoms. The maximum Gasteiger partial charge on any atom is 0.342 e. The number of amides is 1. The Labute approximate surface area is 226 Å². The Morgan fingerprint density at radius 3 is 2.08 bits per heavy atom. The van der Waals surface area contributed by atoms with E-state index in [1.165, 1.54) is 0 Å². The maximum atomic E-state index is 13.5. The number of aromatic nitrogens is 1. The van der Waals surface area contributed by atoms with E-state index in [0.29, 0.717) is 6.42 Å². The lowest BCUT2D eigenvalue weighted by Gasteiger charge is -2.27. The van der Waals surface area contributed by atoms with E-state index in [-0.39, 0.29) is 19.3 Å². The van der Waals surface area contributed by atoms with Gasteiger partial charge in [0, 0.05) is 23.5 Å². The van der Waals surface area contributed by atoms with Gasteiger partial charge < -0.3 is 25.2 Å².